The number of carbonyl (C=O) groups excluding carboxylic acids is 1. The Morgan fingerprint density at radius 2 is 1.83 bits per heavy atom. The third-order valence-electron chi connectivity index (χ3n) is 3.28. The zero-order valence-corrected chi connectivity index (χ0v) is 10.2. The van der Waals surface area contributed by atoms with Crippen LogP contribution in [-0.2, 0) is 6.42 Å². The highest BCUT2D eigenvalue weighted by atomic mass is 16.5. The van der Waals surface area contributed by atoms with Crippen molar-refractivity contribution >= 4 is 5.78 Å². The maximum Gasteiger partial charge on any atom is 0.203 e. The molecule has 1 atom stereocenters. The lowest BCUT2D eigenvalue weighted by atomic mass is 10.0. The molecule has 2 aromatic rings. The van der Waals surface area contributed by atoms with Crippen LogP contribution in [0.3, 0.4) is 0 Å². The molecule has 0 saturated heterocycles. The van der Waals surface area contributed by atoms with Gasteiger partial charge in [-0.3, -0.25) is 4.79 Å². The molecule has 0 bridgehead atoms. The first-order chi connectivity index (χ1) is 8.74. The van der Waals surface area contributed by atoms with Crippen LogP contribution < -0.4 is 4.74 Å². The average molecular weight is 238 g/mol. The quantitative estimate of drug-likeness (QED) is 0.751. The van der Waals surface area contributed by atoms with E-state index in [1.165, 1.54) is 0 Å². The van der Waals surface area contributed by atoms with E-state index in [2.05, 4.69) is 0 Å². The third kappa shape index (κ3) is 1.90. The maximum atomic E-state index is 12.3. The normalized spacial score (nSPS) is 17.1. The summed E-state index contributed by atoms with van der Waals surface area (Å²) >= 11 is 0. The fourth-order valence-corrected chi connectivity index (χ4v) is 2.23. The molecule has 0 unspecified atom stereocenters. The molecule has 90 valence electrons. The topological polar surface area (TPSA) is 26.3 Å². The second kappa shape index (κ2) is 4.30. The lowest BCUT2D eigenvalue weighted by Crippen LogP contribution is -2.25. The van der Waals surface area contributed by atoms with Gasteiger partial charge in [-0.05, 0) is 18.6 Å². The van der Waals surface area contributed by atoms with Gasteiger partial charge < -0.3 is 4.74 Å². The predicted molar refractivity (Wildman–Crippen MR) is 70.1 cm³/mol. The first kappa shape index (κ1) is 11.0. The van der Waals surface area contributed by atoms with Gasteiger partial charge in [-0.2, -0.15) is 0 Å². The van der Waals surface area contributed by atoms with Crippen molar-refractivity contribution < 1.29 is 9.53 Å². The average Bonchev–Trinajstić information content (AvgIpc) is 2.82. The van der Waals surface area contributed by atoms with E-state index in [1.807, 2.05) is 55.5 Å². The van der Waals surface area contributed by atoms with E-state index in [0.717, 1.165) is 22.4 Å². The molecule has 2 heteroatoms. The molecule has 0 amide bonds. The Kier molecular flexibility index (Phi) is 2.63. The first-order valence-corrected chi connectivity index (χ1v) is 6.09. The van der Waals surface area contributed by atoms with Crippen molar-refractivity contribution in [3.8, 4) is 5.75 Å². The van der Waals surface area contributed by atoms with Crippen molar-refractivity contribution in [1.82, 2.24) is 0 Å². The van der Waals surface area contributed by atoms with Crippen LogP contribution in [0.4, 0.5) is 0 Å². The number of hydrogen-bond acceptors (Lipinski definition) is 2. The smallest absolute Gasteiger partial charge is 0.203 e. The number of Topliss-reactive ketones (excluding diaryl/α,β-unsaturated/α-hetero) is 1. The highest BCUT2D eigenvalue weighted by molar-refractivity contribution is 6.00. The molecule has 0 aliphatic carbocycles. The summed E-state index contributed by atoms with van der Waals surface area (Å²) in [6, 6.07) is 15.5. The van der Waals surface area contributed by atoms with Crippen LogP contribution in [0.2, 0.25) is 0 Å². The molecule has 2 aromatic carbocycles. The van der Waals surface area contributed by atoms with E-state index in [4.69, 9.17) is 4.74 Å². The Bertz CT molecular complexity index is 559. The van der Waals surface area contributed by atoms with E-state index in [1.54, 1.807) is 0 Å². The van der Waals surface area contributed by atoms with Crippen LogP contribution >= 0.6 is 0 Å². The molecule has 3 rings (SSSR count). The van der Waals surface area contributed by atoms with Gasteiger partial charge in [-0.25, -0.2) is 0 Å². The van der Waals surface area contributed by atoms with E-state index in [-0.39, 0.29) is 11.9 Å². The fraction of sp³-hybridized carbons (Fsp3) is 0.188. The summed E-state index contributed by atoms with van der Waals surface area (Å²) in [6.07, 6.45) is 0.299. The highest BCUT2D eigenvalue weighted by Gasteiger charge is 2.29. The molecule has 2 nitrogen and oxygen atoms in total. The predicted octanol–water partition coefficient (Wildman–Crippen LogP) is 3.18. The summed E-state index contributed by atoms with van der Waals surface area (Å²) in [5.41, 5.74) is 2.99. The van der Waals surface area contributed by atoms with Gasteiger partial charge in [0.25, 0.3) is 0 Å². The van der Waals surface area contributed by atoms with Crippen LogP contribution in [-0.4, -0.2) is 11.9 Å². The highest BCUT2D eigenvalue weighted by Crippen LogP contribution is 2.29. The van der Waals surface area contributed by atoms with E-state index >= 15 is 0 Å². The minimum atomic E-state index is -0.370. The zero-order chi connectivity index (χ0) is 12.5. The van der Waals surface area contributed by atoms with E-state index in [0.29, 0.717) is 6.42 Å². The molecule has 0 fully saturated rings. The molecular weight excluding hydrogens is 224 g/mol. The van der Waals surface area contributed by atoms with E-state index in [9.17, 15) is 4.79 Å². The summed E-state index contributed by atoms with van der Waals surface area (Å²) in [6.45, 7) is 2.01. The van der Waals surface area contributed by atoms with Crippen LogP contribution in [0.5, 0.6) is 5.75 Å². The van der Waals surface area contributed by atoms with Gasteiger partial charge in [0.1, 0.15) is 5.75 Å². The van der Waals surface area contributed by atoms with Crippen molar-refractivity contribution in [2.45, 2.75) is 19.4 Å². The largest absolute Gasteiger partial charge is 0.482 e. The standard InChI is InChI=1S/C16H14O2/c1-11-6-8-12(9-7-11)16(17)15-10-13-4-2-3-5-14(13)18-15/h2-9,15H,10H2,1H3/t15-/m1/s1. The number of para-hydroxylation sites is 1. The molecule has 0 N–H and O–H groups in total. The summed E-state index contributed by atoms with van der Waals surface area (Å²) in [5, 5.41) is 0. The number of rotatable bonds is 2. The van der Waals surface area contributed by atoms with Gasteiger partial charge in [0.05, 0.1) is 0 Å². The van der Waals surface area contributed by atoms with Gasteiger partial charge in [-0.1, -0.05) is 48.0 Å². The first-order valence-electron chi connectivity index (χ1n) is 6.09. The van der Waals surface area contributed by atoms with Crippen LogP contribution in [0.1, 0.15) is 21.5 Å². The molecule has 0 spiro atoms. The monoisotopic (exact) mass is 238 g/mol. The molecule has 18 heavy (non-hydrogen) atoms. The minimum Gasteiger partial charge on any atom is -0.482 e. The van der Waals surface area contributed by atoms with Crippen molar-refractivity contribution in [1.29, 1.82) is 0 Å². The maximum absolute atomic E-state index is 12.3. The lowest BCUT2D eigenvalue weighted by molar-refractivity contribution is 0.0825. The molecule has 1 heterocycles. The number of ketones is 1. The fourth-order valence-electron chi connectivity index (χ4n) is 2.23. The van der Waals surface area contributed by atoms with Gasteiger partial charge >= 0.3 is 0 Å². The number of aryl methyl sites for hydroxylation is 1. The van der Waals surface area contributed by atoms with Crippen LogP contribution in [0.15, 0.2) is 48.5 Å². The van der Waals surface area contributed by atoms with E-state index < -0.39 is 0 Å². The summed E-state index contributed by atoms with van der Waals surface area (Å²) in [7, 11) is 0. The zero-order valence-electron chi connectivity index (χ0n) is 10.2. The molecule has 0 radical (unpaired) electrons. The van der Waals surface area contributed by atoms with Gasteiger partial charge in [0.2, 0.25) is 5.78 Å². The van der Waals surface area contributed by atoms with Crippen molar-refractivity contribution in [3.05, 3.63) is 65.2 Å². The Labute approximate surface area is 106 Å². The molecular formula is C16H14O2. The van der Waals surface area contributed by atoms with Gasteiger partial charge in [0, 0.05) is 12.0 Å². The summed E-state index contributed by atoms with van der Waals surface area (Å²) < 4.78 is 5.70. The molecule has 0 aromatic heterocycles. The summed E-state index contributed by atoms with van der Waals surface area (Å²) in [5.74, 6) is 0.897. The molecule has 1 aliphatic heterocycles. The Hall–Kier alpha value is -2.09. The SMILES string of the molecule is Cc1ccc(C(=O)[C@H]2Cc3ccccc3O2)cc1. The third-order valence-corrected chi connectivity index (χ3v) is 3.28. The van der Waals surface area contributed by atoms with Crippen molar-refractivity contribution in [2.75, 3.05) is 0 Å². The number of hydrogen-bond donors (Lipinski definition) is 0. The van der Waals surface area contributed by atoms with Crippen LogP contribution in [0.25, 0.3) is 0 Å². The Balaban J connectivity index is 1.82. The Morgan fingerprint density at radius 1 is 1.11 bits per heavy atom. The number of ether oxygens (including phenoxy) is 1. The molecule has 0 saturated carbocycles. The van der Waals surface area contributed by atoms with Gasteiger partial charge in [-0.15, -0.1) is 0 Å². The molecule has 1 aliphatic rings. The van der Waals surface area contributed by atoms with Crippen molar-refractivity contribution in [3.63, 3.8) is 0 Å². The number of benzene rings is 2. The van der Waals surface area contributed by atoms with Gasteiger partial charge in [0.15, 0.2) is 6.10 Å². The second-order valence-electron chi connectivity index (χ2n) is 4.65. The number of carbonyl (C=O) groups is 1. The van der Waals surface area contributed by atoms with Crippen LogP contribution in [0, 0.1) is 6.92 Å². The summed E-state index contributed by atoms with van der Waals surface area (Å²) in [4.78, 5) is 12.3. The van der Waals surface area contributed by atoms with Crippen molar-refractivity contribution in [2.24, 2.45) is 0 Å². The number of fused-ring (bicyclic) bond motifs is 1. The second-order valence-corrected chi connectivity index (χ2v) is 4.65. The Morgan fingerprint density at radius 3 is 2.56 bits per heavy atom. The minimum absolute atomic E-state index is 0.0613. The lowest BCUT2D eigenvalue weighted by Gasteiger charge is -2.09.